The maximum absolute atomic E-state index is 12.7. The molecule has 0 aliphatic rings. The van der Waals surface area contributed by atoms with Crippen molar-refractivity contribution in [3.63, 3.8) is 0 Å². The third kappa shape index (κ3) is 1.93. The van der Waals surface area contributed by atoms with Crippen LogP contribution in [0.25, 0.3) is 16.3 Å². The molecule has 0 spiro atoms. The summed E-state index contributed by atoms with van der Waals surface area (Å²) in [5.74, 6) is 0.0481. The van der Waals surface area contributed by atoms with Crippen LogP contribution < -0.4 is 0 Å². The second-order valence-corrected chi connectivity index (χ2v) is 5.11. The predicted molar refractivity (Wildman–Crippen MR) is 84.8 cm³/mol. The Bertz CT molecular complexity index is 965. The van der Waals surface area contributed by atoms with Crippen LogP contribution in [0.5, 0.6) is 0 Å². The maximum atomic E-state index is 12.7. The average Bonchev–Trinajstić information content (AvgIpc) is 2.98. The monoisotopic (exact) mass is 271 g/mol. The van der Waals surface area contributed by atoms with E-state index in [-0.39, 0.29) is 5.78 Å². The van der Waals surface area contributed by atoms with Crippen molar-refractivity contribution in [2.45, 2.75) is 0 Å². The second kappa shape index (κ2) is 4.60. The minimum atomic E-state index is 0.0481. The molecule has 0 radical (unpaired) electrons. The zero-order valence-corrected chi connectivity index (χ0v) is 11.4. The van der Waals surface area contributed by atoms with Gasteiger partial charge in [0.1, 0.15) is 0 Å². The van der Waals surface area contributed by atoms with Gasteiger partial charge in [0.25, 0.3) is 0 Å². The molecule has 0 saturated carbocycles. The number of carbonyl (C=O) groups is 1. The Morgan fingerprint density at radius 1 is 0.762 bits per heavy atom. The van der Waals surface area contributed by atoms with E-state index in [4.69, 9.17) is 0 Å². The number of nitrogens with zero attached hydrogens (tertiary/aromatic N) is 1. The molecule has 4 aromatic rings. The van der Waals surface area contributed by atoms with Crippen LogP contribution in [0.4, 0.5) is 0 Å². The molecule has 4 rings (SSSR count). The minimum Gasteiger partial charge on any atom is -0.314 e. The van der Waals surface area contributed by atoms with E-state index in [2.05, 4.69) is 6.07 Å². The first kappa shape index (κ1) is 11.9. The van der Waals surface area contributed by atoms with E-state index < -0.39 is 0 Å². The molecule has 0 saturated heterocycles. The van der Waals surface area contributed by atoms with Crippen LogP contribution in [0.1, 0.15) is 16.1 Å². The summed E-state index contributed by atoms with van der Waals surface area (Å²) in [7, 11) is 0. The lowest BCUT2D eigenvalue weighted by atomic mass is 10.0. The van der Waals surface area contributed by atoms with Gasteiger partial charge in [-0.1, -0.05) is 42.5 Å². The van der Waals surface area contributed by atoms with Gasteiger partial charge in [-0.3, -0.25) is 4.79 Å². The summed E-state index contributed by atoms with van der Waals surface area (Å²) < 4.78 is 1.93. The highest BCUT2D eigenvalue weighted by molar-refractivity contribution is 6.10. The Hall–Kier alpha value is -2.87. The summed E-state index contributed by atoms with van der Waals surface area (Å²) in [5, 5.41) is 2.23. The SMILES string of the molecule is O=C(c1ccc2ccccc2c1)c1ccc2ccccn12. The van der Waals surface area contributed by atoms with E-state index in [0.29, 0.717) is 5.69 Å². The van der Waals surface area contributed by atoms with Gasteiger partial charge >= 0.3 is 0 Å². The van der Waals surface area contributed by atoms with Crippen molar-refractivity contribution in [1.82, 2.24) is 4.40 Å². The molecule has 2 aromatic heterocycles. The van der Waals surface area contributed by atoms with E-state index in [9.17, 15) is 4.79 Å². The Morgan fingerprint density at radius 3 is 2.48 bits per heavy atom. The van der Waals surface area contributed by atoms with Gasteiger partial charge < -0.3 is 4.40 Å². The molecule has 0 unspecified atom stereocenters. The second-order valence-electron chi connectivity index (χ2n) is 5.11. The molecule has 0 N–H and O–H groups in total. The van der Waals surface area contributed by atoms with Crippen molar-refractivity contribution >= 4 is 22.1 Å². The molecule has 0 aliphatic carbocycles. The van der Waals surface area contributed by atoms with E-state index in [0.717, 1.165) is 21.9 Å². The summed E-state index contributed by atoms with van der Waals surface area (Å²) in [6, 6.07) is 23.7. The number of fused-ring (bicyclic) bond motifs is 2. The fourth-order valence-corrected chi connectivity index (χ4v) is 2.72. The highest BCUT2D eigenvalue weighted by atomic mass is 16.1. The predicted octanol–water partition coefficient (Wildman–Crippen LogP) is 4.32. The van der Waals surface area contributed by atoms with E-state index in [1.165, 1.54) is 0 Å². The van der Waals surface area contributed by atoms with Crippen molar-refractivity contribution < 1.29 is 4.79 Å². The fourth-order valence-electron chi connectivity index (χ4n) is 2.72. The van der Waals surface area contributed by atoms with Crippen LogP contribution in [-0.2, 0) is 0 Å². The van der Waals surface area contributed by atoms with E-state index >= 15 is 0 Å². The Morgan fingerprint density at radius 2 is 1.57 bits per heavy atom. The van der Waals surface area contributed by atoms with Gasteiger partial charge in [0, 0.05) is 17.3 Å². The van der Waals surface area contributed by atoms with Gasteiger partial charge in [-0.25, -0.2) is 0 Å². The van der Waals surface area contributed by atoms with Crippen molar-refractivity contribution in [2.24, 2.45) is 0 Å². The first-order chi connectivity index (χ1) is 10.3. The zero-order valence-electron chi connectivity index (χ0n) is 11.4. The molecular weight excluding hydrogens is 258 g/mol. The summed E-state index contributed by atoms with van der Waals surface area (Å²) in [6.07, 6.45) is 1.92. The number of rotatable bonds is 2. The van der Waals surface area contributed by atoms with Gasteiger partial charge in [-0.05, 0) is 41.1 Å². The molecule has 0 fully saturated rings. The Labute approximate surface area is 122 Å². The largest absolute Gasteiger partial charge is 0.314 e. The summed E-state index contributed by atoms with van der Waals surface area (Å²) in [6.45, 7) is 0. The molecule has 2 heteroatoms. The number of benzene rings is 2. The molecular formula is C19H13NO. The lowest BCUT2D eigenvalue weighted by Gasteiger charge is -2.04. The summed E-state index contributed by atoms with van der Waals surface area (Å²) in [4.78, 5) is 12.7. The normalized spacial score (nSPS) is 11.0. The number of hydrogen-bond donors (Lipinski definition) is 0. The van der Waals surface area contributed by atoms with Crippen LogP contribution in [0, 0.1) is 0 Å². The third-order valence-corrected chi connectivity index (χ3v) is 3.81. The van der Waals surface area contributed by atoms with Crippen LogP contribution >= 0.6 is 0 Å². The highest BCUT2D eigenvalue weighted by Gasteiger charge is 2.13. The number of carbonyl (C=O) groups excluding carboxylic acids is 1. The molecule has 2 nitrogen and oxygen atoms in total. The van der Waals surface area contributed by atoms with Crippen molar-refractivity contribution in [2.75, 3.05) is 0 Å². The van der Waals surface area contributed by atoms with Crippen LogP contribution in [0.15, 0.2) is 79.0 Å². The zero-order chi connectivity index (χ0) is 14.2. The molecule has 100 valence electrons. The third-order valence-electron chi connectivity index (χ3n) is 3.81. The van der Waals surface area contributed by atoms with E-state index in [1.54, 1.807) is 0 Å². The standard InChI is InChI=1S/C19H13NO/c21-19(18-11-10-17-7-3-4-12-20(17)18)16-9-8-14-5-1-2-6-15(14)13-16/h1-13H. The van der Waals surface area contributed by atoms with Crippen molar-refractivity contribution in [3.8, 4) is 0 Å². The molecule has 0 amide bonds. The minimum absolute atomic E-state index is 0.0481. The van der Waals surface area contributed by atoms with Gasteiger partial charge in [0.05, 0.1) is 5.69 Å². The van der Waals surface area contributed by atoms with Crippen LogP contribution in [0.2, 0.25) is 0 Å². The molecule has 0 aliphatic heterocycles. The Balaban J connectivity index is 1.86. The quantitative estimate of drug-likeness (QED) is 0.497. The lowest BCUT2D eigenvalue weighted by Crippen LogP contribution is -2.04. The smallest absolute Gasteiger partial charge is 0.209 e. The van der Waals surface area contributed by atoms with Gasteiger partial charge in [0.15, 0.2) is 0 Å². The van der Waals surface area contributed by atoms with E-state index in [1.807, 2.05) is 77.3 Å². The number of hydrogen-bond acceptors (Lipinski definition) is 1. The van der Waals surface area contributed by atoms with Crippen molar-refractivity contribution in [1.29, 1.82) is 0 Å². The number of ketones is 1. The lowest BCUT2D eigenvalue weighted by molar-refractivity contribution is 0.103. The first-order valence-corrected chi connectivity index (χ1v) is 6.92. The van der Waals surface area contributed by atoms with Crippen LogP contribution in [-0.4, -0.2) is 10.2 Å². The first-order valence-electron chi connectivity index (χ1n) is 6.92. The van der Waals surface area contributed by atoms with Gasteiger partial charge in [-0.15, -0.1) is 0 Å². The fraction of sp³-hybridized carbons (Fsp3) is 0. The topological polar surface area (TPSA) is 21.5 Å². The average molecular weight is 271 g/mol. The maximum Gasteiger partial charge on any atom is 0.209 e. The van der Waals surface area contributed by atoms with Crippen molar-refractivity contribution in [3.05, 3.63) is 90.3 Å². The molecule has 0 bridgehead atoms. The molecule has 2 aromatic carbocycles. The molecule has 0 atom stereocenters. The van der Waals surface area contributed by atoms with Crippen LogP contribution in [0.3, 0.4) is 0 Å². The number of pyridine rings is 1. The Kier molecular flexibility index (Phi) is 2.61. The molecule has 2 heterocycles. The summed E-state index contributed by atoms with van der Waals surface area (Å²) >= 11 is 0. The highest BCUT2D eigenvalue weighted by Crippen LogP contribution is 2.19. The molecule has 21 heavy (non-hydrogen) atoms. The summed E-state index contributed by atoms with van der Waals surface area (Å²) in [5.41, 5.74) is 2.44. The van der Waals surface area contributed by atoms with Gasteiger partial charge in [-0.2, -0.15) is 0 Å². The van der Waals surface area contributed by atoms with Gasteiger partial charge in [0.2, 0.25) is 5.78 Å². The number of aromatic nitrogens is 1.